The van der Waals surface area contributed by atoms with Crippen LogP contribution in [0, 0.1) is 23.7 Å². The van der Waals surface area contributed by atoms with Crippen LogP contribution in [0.1, 0.15) is 73.5 Å². The van der Waals surface area contributed by atoms with Crippen LogP contribution in [0.3, 0.4) is 0 Å². The molecule has 4 rings (SSSR count). The van der Waals surface area contributed by atoms with Gasteiger partial charge in [0, 0.05) is 44.7 Å². The number of hydrogen-bond donors (Lipinski definition) is 3. The number of ether oxygens (including phenoxy) is 2. The third-order valence-corrected chi connectivity index (χ3v) is 8.17. The molecule has 1 heterocycles. The van der Waals surface area contributed by atoms with Gasteiger partial charge in [-0.15, -0.1) is 12.8 Å². The number of carbonyl (C=O) groups excluding carboxylic acids is 2. The van der Waals surface area contributed by atoms with Crippen molar-refractivity contribution in [3.63, 3.8) is 0 Å². The van der Waals surface area contributed by atoms with Crippen LogP contribution >= 0.6 is 0 Å². The first-order valence-electron chi connectivity index (χ1n) is 16.8. The number of aliphatic imine (C=N–C) groups is 1. The van der Waals surface area contributed by atoms with Gasteiger partial charge in [0.05, 0.1) is 18.4 Å². The maximum atomic E-state index is 14.2. The fraction of sp³-hybridized carbons (Fsp3) is 0.325. The summed E-state index contributed by atoms with van der Waals surface area (Å²) in [4.78, 5) is 35.8. The number of amides is 2. The minimum atomic E-state index is -0.270. The summed E-state index contributed by atoms with van der Waals surface area (Å²) in [6.45, 7) is 7.90. The smallest absolute Gasteiger partial charge is 0.269 e. The molecule has 10 nitrogen and oxygen atoms in total. The highest BCUT2D eigenvalue weighted by Gasteiger charge is 2.25. The molecular formula is C40H48N6O4. The molecule has 1 aliphatic heterocycles. The number of nitrogens with one attached hydrogen (secondary N) is 2. The molecule has 0 saturated carbocycles. The molecule has 4 N–H and O–H groups in total. The molecule has 3 aromatic carbocycles. The minimum absolute atomic E-state index is 0.0154. The number of carbonyl (C=O) groups is 2. The molecule has 0 unspecified atom stereocenters. The molecule has 50 heavy (non-hydrogen) atoms. The van der Waals surface area contributed by atoms with E-state index in [-0.39, 0.29) is 35.2 Å². The van der Waals surface area contributed by atoms with Gasteiger partial charge >= 0.3 is 0 Å². The maximum Gasteiger partial charge on any atom is 0.269 e. The Balaban J connectivity index is 0.00000332. The van der Waals surface area contributed by atoms with Crippen molar-refractivity contribution in [2.24, 2.45) is 10.7 Å². The first kappa shape index (κ1) is 38.8. The summed E-state index contributed by atoms with van der Waals surface area (Å²) >= 11 is 0. The third kappa shape index (κ3) is 10.4. The highest BCUT2D eigenvalue weighted by Crippen LogP contribution is 2.31. The first-order chi connectivity index (χ1) is 24.1. The molecule has 3 aromatic rings. The second-order valence-corrected chi connectivity index (χ2v) is 11.8. The summed E-state index contributed by atoms with van der Waals surface area (Å²) in [5.41, 5.74) is 11.4. The van der Waals surface area contributed by atoms with Crippen LogP contribution in [0.25, 0.3) is 11.1 Å². The molecule has 0 atom stereocenters. The van der Waals surface area contributed by atoms with E-state index in [2.05, 4.69) is 32.8 Å². The molecule has 10 heteroatoms. The molecule has 0 radical (unpaired) electrons. The van der Waals surface area contributed by atoms with E-state index in [9.17, 15) is 9.59 Å². The number of benzene rings is 3. The number of hydrogen-bond acceptors (Lipinski definition) is 8. The average molecular weight is 677 g/mol. The molecule has 1 aliphatic rings. The van der Waals surface area contributed by atoms with Crippen molar-refractivity contribution >= 4 is 35.2 Å². The second kappa shape index (κ2) is 19.3. The Labute approximate surface area is 296 Å². The Morgan fingerprint density at radius 1 is 0.960 bits per heavy atom. The molecule has 0 bridgehead atoms. The van der Waals surface area contributed by atoms with E-state index in [1.807, 2.05) is 35.2 Å². The van der Waals surface area contributed by atoms with Crippen molar-refractivity contribution < 1.29 is 19.1 Å². The number of fused-ring (bicyclic) bond motifs is 1. The number of nitrogens with zero attached hydrogens (tertiary/aromatic N) is 3. The van der Waals surface area contributed by atoms with E-state index in [1.54, 1.807) is 35.2 Å². The Morgan fingerprint density at radius 2 is 1.62 bits per heavy atom. The molecule has 0 fully saturated rings. The molecular weight excluding hydrogens is 628 g/mol. The topological polar surface area (TPSA) is 145 Å². The van der Waals surface area contributed by atoms with Gasteiger partial charge in [-0.3, -0.25) is 20.4 Å². The van der Waals surface area contributed by atoms with Crippen LogP contribution < -0.4 is 5.73 Å². The lowest BCUT2D eigenvalue weighted by molar-refractivity contribution is -0.127. The zero-order valence-electron chi connectivity index (χ0n) is 29.5. The Hall–Kier alpha value is -5.69. The van der Waals surface area contributed by atoms with Crippen LogP contribution in [-0.4, -0.2) is 66.1 Å². The maximum absolute atomic E-state index is 14.2. The predicted octanol–water partition coefficient (Wildman–Crippen LogP) is 7.09. The van der Waals surface area contributed by atoms with Gasteiger partial charge in [-0.2, -0.15) is 0 Å². The van der Waals surface area contributed by atoms with Crippen LogP contribution in [0.15, 0.2) is 83.5 Å². The fourth-order valence-electron chi connectivity index (χ4n) is 5.52. The second-order valence-electron chi connectivity index (χ2n) is 11.8. The number of rotatable bonds is 12. The van der Waals surface area contributed by atoms with E-state index in [4.69, 9.17) is 31.0 Å². The van der Waals surface area contributed by atoms with Crippen molar-refractivity contribution in [3.8, 4) is 24.0 Å². The number of methoxy groups -OCH3 is 1. The molecule has 0 aromatic heterocycles. The summed E-state index contributed by atoms with van der Waals surface area (Å²) in [6, 6.07) is 20.7. The van der Waals surface area contributed by atoms with Crippen LogP contribution in [0.2, 0.25) is 0 Å². The lowest BCUT2D eigenvalue weighted by Crippen LogP contribution is -2.36. The molecule has 2 amide bonds. The van der Waals surface area contributed by atoms with Crippen molar-refractivity contribution in [1.82, 2.24) is 9.80 Å². The van der Waals surface area contributed by atoms with Crippen molar-refractivity contribution in [2.45, 2.75) is 59.4 Å². The minimum Gasteiger partial charge on any atom is -0.481 e. The third-order valence-electron chi connectivity index (χ3n) is 8.17. The lowest BCUT2D eigenvalue weighted by atomic mass is 9.97. The molecule has 0 aliphatic carbocycles. The summed E-state index contributed by atoms with van der Waals surface area (Å²) in [5.74, 6) is -0.574. The summed E-state index contributed by atoms with van der Waals surface area (Å²) < 4.78 is 10.8. The van der Waals surface area contributed by atoms with Crippen LogP contribution in [-0.2, 0) is 27.2 Å². The van der Waals surface area contributed by atoms with E-state index in [0.717, 1.165) is 48.8 Å². The first-order valence-corrected chi connectivity index (χ1v) is 16.8. The highest BCUT2D eigenvalue weighted by molar-refractivity contribution is 6.04. The van der Waals surface area contributed by atoms with Gasteiger partial charge in [0.25, 0.3) is 11.8 Å². The van der Waals surface area contributed by atoms with Gasteiger partial charge in [-0.1, -0.05) is 69.2 Å². The van der Waals surface area contributed by atoms with Crippen LogP contribution in [0.4, 0.5) is 5.69 Å². The average Bonchev–Trinajstić information content (AvgIpc) is 3.14. The summed E-state index contributed by atoms with van der Waals surface area (Å²) in [5, 5.41) is 15.8. The van der Waals surface area contributed by atoms with Gasteiger partial charge in [0.15, 0.2) is 5.90 Å². The highest BCUT2D eigenvalue weighted by atomic mass is 16.5. The van der Waals surface area contributed by atoms with Gasteiger partial charge in [-0.25, -0.2) is 4.99 Å². The van der Waals surface area contributed by atoms with Crippen LogP contribution in [0.5, 0.6) is 0 Å². The zero-order valence-corrected chi connectivity index (χ0v) is 29.5. The fourth-order valence-corrected chi connectivity index (χ4v) is 5.52. The van der Waals surface area contributed by atoms with Crippen molar-refractivity contribution in [3.05, 3.63) is 101 Å². The molecule has 262 valence electrons. The molecule has 0 spiro atoms. The zero-order chi connectivity index (χ0) is 36.6. The SMILES string of the molecule is C#C.CCCCN(CCCC)C(=O)/C(N)=C/C(=Nc1ccc(-c2cccc(C(=N)OC(C)=N)c2)cc1C(=O)N1CCc2ccccc2C1)OC. The van der Waals surface area contributed by atoms with Gasteiger partial charge in [-0.05, 0) is 65.8 Å². The summed E-state index contributed by atoms with van der Waals surface area (Å²) in [6.07, 6.45) is 13.9. The van der Waals surface area contributed by atoms with Gasteiger partial charge < -0.3 is 25.0 Å². The number of terminal acetylenes is 1. The monoisotopic (exact) mass is 676 g/mol. The molecule has 0 saturated heterocycles. The van der Waals surface area contributed by atoms with Crippen molar-refractivity contribution in [2.75, 3.05) is 26.7 Å². The van der Waals surface area contributed by atoms with Gasteiger partial charge in [0.1, 0.15) is 5.70 Å². The normalized spacial score (nSPS) is 12.6. The van der Waals surface area contributed by atoms with E-state index in [0.29, 0.717) is 43.0 Å². The quantitative estimate of drug-likeness (QED) is 0.0812. The van der Waals surface area contributed by atoms with Crippen molar-refractivity contribution in [1.29, 1.82) is 10.8 Å². The van der Waals surface area contributed by atoms with E-state index in [1.165, 1.54) is 25.7 Å². The largest absolute Gasteiger partial charge is 0.481 e. The van der Waals surface area contributed by atoms with E-state index >= 15 is 0 Å². The predicted molar refractivity (Wildman–Crippen MR) is 201 cm³/mol. The standard InChI is InChI=1S/C38H46N6O4.C2H2/c1-5-7-19-43(20-8-6-2)38(46)33(40)24-35(47-4)42-34-17-16-29(28-14-11-15-30(22-28)36(41)48-26(3)39)23-32(34)37(45)44-21-18-27-12-9-10-13-31(27)25-44;1-2/h9-17,22-24,39,41H,5-8,18-21,25,40H2,1-4H3;1-2H/b33-24-,39-26?,41-36?,42-35?;. The Bertz CT molecular complexity index is 1750. The summed E-state index contributed by atoms with van der Waals surface area (Å²) in [7, 11) is 1.45. The van der Waals surface area contributed by atoms with Gasteiger partial charge in [0.2, 0.25) is 11.8 Å². The van der Waals surface area contributed by atoms with E-state index < -0.39 is 0 Å². The Kier molecular flexibility index (Phi) is 15.0. The lowest BCUT2D eigenvalue weighted by Gasteiger charge is -2.29. The Morgan fingerprint density at radius 3 is 2.26 bits per heavy atom. The number of nitrogens with two attached hydrogens (primary N) is 1. The number of unbranched alkanes of at least 4 members (excludes halogenated alkanes) is 2.